The summed E-state index contributed by atoms with van der Waals surface area (Å²) in [6, 6.07) is 0.359. The summed E-state index contributed by atoms with van der Waals surface area (Å²) < 4.78 is 0. The van der Waals surface area contributed by atoms with Crippen LogP contribution < -0.4 is 10.2 Å². The van der Waals surface area contributed by atoms with E-state index in [4.69, 9.17) is 11.6 Å². The van der Waals surface area contributed by atoms with Gasteiger partial charge in [0.25, 0.3) is 0 Å². The third-order valence-corrected chi connectivity index (χ3v) is 4.33. The van der Waals surface area contributed by atoms with E-state index in [0.717, 1.165) is 25.3 Å². The molecule has 0 aromatic carbocycles. The van der Waals surface area contributed by atoms with Gasteiger partial charge in [0.1, 0.15) is 0 Å². The first kappa shape index (κ1) is 15.6. The minimum atomic E-state index is 0.266. The minimum Gasteiger partial charge on any atom is -0.350 e. The molecule has 1 saturated heterocycles. The maximum Gasteiger partial charge on any atom is 0.231 e. The zero-order valence-corrected chi connectivity index (χ0v) is 13.7. The molecule has 1 atom stereocenters. The van der Waals surface area contributed by atoms with E-state index < -0.39 is 0 Å². The van der Waals surface area contributed by atoms with Crippen molar-refractivity contribution >= 4 is 35.3 Å². The molecule has 1 aliphatic heterocycles. The van der Waals surface area contributed by atoms with Crippen LogP contribution in [0.5, 0.6) is 0 Å². The highest BCUT2D eigenvalue weighted by Crippen LogP contribution is 2.19. The van der Waals surface area contributed by atoms with E-state index in [2.05, 4.69) is 38.3 Å². The summed E-state index contributed by atoms with van der Waals surface area (Å²) in [4.78, 5) is 15.2. The molecule has 0 saturated carbocycles. The van der Waals surface area contributed by atoms with Crippen molar-refractivity contribution in [2.75, 3.05) is 35.3 Å². The fourth-order valence-electron chi connectivity index (χ4n) is 2.28. The van der Waals surface area contributed by atoms with Crippen molar-refractivity contribution in [3.63, 3.8) is 0 Å². The first-order chi connectivity index (χ1) is 9.72. The number of hydrogen-bond acceptors (Lipinski definition) is 6. The number of rotatable bonds is 6. The predicted octanol–water partition coefficient (Wildman–Crippen LogP) is 3.07. The molecule has 20 heavy (non-hydrogen) atoms. The van der Waals surface area contributed by atoms with Gasteiger partial charge in [-0.15, -0.1) is 0 Å². The van der Waals surface area contributed by atoms with Gasteiger partial charge in [0.2, 0.25) is 17.2 Å². The Kier molecular flexibility index (Phi) is 6.16. The Hall–Kier alpha value is -0.750. The molecule has 1 aliphatic rings. The van der Waals surface area contributed by atoms with Crippen LogP contribution in [0, 0.1) is 0 Å². The Labute approximate surface area is 129 Å². The number of anilines is 2. The Morgan fingerprint density at radius 3 is 2.65 bits per heavy atom. The molecular formula is C13H22ClN5S. The Morgan fingerprint density at radius 1 is 1.25 bits per heavy atom. The number of hydrogen-bond donors (Lipinski definition) is 1. The van der Waals surface area contributed by atoms with Gasteiger partial charge in [-0.25, -0.2) is 0 Å². The fraction of sp³-hybridized carbons (Fsp3) is 0.769. The molecule has 0 spiro atoms. The van der Waals surface area contributed by atoms with Gasteiger partial charge in [0.05, 0.1) is 0 Å². The lowest BCUT2D eigenvalue weighted by Crippen LogP contribution is -2.32. The monoisotopic (exact) mass is 315 g/mol. The van der Waals surface area contributed by atoms with Crippen LogP contribution >= 0.6 is 23.4 Å². The molecular weight excluding hydrogens is 294 g/mol. The minimum absolute atomic E-state index is 0.266. The highest BCUT2D eigenvalue weighted by atomic mass is 35.5. The third-order valence-electron chi connectivity index (χ3n) is 3.43. The smallest absolute Gasteiger partial charge is 0.231 e. The normalized spacial score (nSPS) is 17.1. The van der Waals surface area contributed by atoms with Crippen LogP contribution in [0.2, 0.25) is 5.28 Å². The molecule has 1 unspecified atom stereocenters. The SMILES string of the molecule is CCC(CSC)Nc1nc(Cl)nc(N2CCCCC2)n1. The van der Waals surface area contributed by atoms with E-state index in [1.54, 1.807) is 0 Å². The summed E-state index contributed by atoms with van der Waals surface area (Å²) in [5.74, 6) is 2.32. The lowest BCUT2D eigenvalue weighted by Gasteiger charge is -2.27. The van der Waals surface area contributed by atoms with Crippen LogP contribution in [0.15, 0.2) is 0 Å². The Morgan fingerprint density at radius 2 is 2.00 bits per heavy atom. The summed E-state index contributed by atoms with van der Waals surface area (Å²) >= 11 is 7.85. The quantitative estimate of drug-likeness (QED) is 0.870. The van der Waals surface area contributed by atoms with Crippen LogP contribution in [0.3, 0.4) is 0 Å². The van der Waals surface area contributed by atoms with E-state index >= 15 is 0 Å². The summed E-state index contributed by atoms with van der Waals surface area (Å²) in [6.45, 7) is 4.16. The fourth-order valence-corrected chi connectivity index (χ4v) is 3.16. The van der Waals surface area contributed by atoms with Crippen LogP contribution in [0.25, 0.3) is 0 Å². The average molecular weight is 316 g/mol. The van der Waals surface area contributed by atoms with Crippen LogP contribution in [0.1, 0.15) is 32.6 Å². The van der Waals surface area contributed by atoms with Crippen molar-refractivity contribution in [1.82, 2.24) is 15.0 Å². The molecule has 0 bridgehead atoms. The molecule has 1 aromatic heterocycles. The van der Waals surface area contributed by atoms with Crippen molar-refractivity contribution in [2.24, 2.45) is 0 Å². The molecule has 112 valence electrons. The van der Waals surface area contributed by atoms with Crippen molar-refractivity contribution in [1.29, 1.82) is 0 Å². The number of nitrogens with zero attached hydrogens (tertiary/aromatic N) is 4. The summed E-state index contributed by atoms with van der Waals surface area (Å²) in [6.07, 6.45) is 6.80. The first-order valence-electron chi connectivity index (χ1n) is 7.15. The third kappa shape index (κ3) is 4.38. The molecule has 0 amide bonds. The molecule has 1 fully saturated rings. The summed E-state index contributed by atoms with van der Waals surface area (Å²) in [5.41, 5.74) is 0. The number of piperidine rings is 1. The van der Waals surface area contributed by atoms with Gasteiger partial charge in [-0.2, -0.15) is 26.7 Å². The summed E-state index contributed by atoms with van der Waals surface area (Å²) in [5, 5.41) is 3.62. The topological polar surface area (TPSA) is 53.9 Å². The van der Waals surface area contributed by atoms with E-state index in [1.807, 2.05) is 11.8 Å². The molecule has 0 radical (unpaired) electrons. The Bertz CT molecular complexity index is 425. The van der Waals surface area contributed by atoms with Gasteiger partial charge >= 0.3 is 0 Å². The molecule has 0 aliphatic carbocycles. The largest absolute Gasteiger partial charge is 0.350 e. The van der Waals surface area contributed by atoms with Gasteiger partial charge in [-0.3, -0.25) is 0 Å². The lowest BCUT2D eigenvalue weighted by atomic mass is 10.1. The van der Waals surface area contributed by atoms with Gasteiger partial charge in [-0.05, 0) is 43.5 Å². The second-order valence-electron chi connectivity index (χ2n) is 4.98. The highest BCUT2D eigenvalue weighted by Gasteiger charge is 2.16. The van der Waals surface area contributed by atoms with Crippen molar-refractivity contribution < 1.29 is 0 Å². The standard InChI is InChI=1S/C13H22ClN5S/c1-3-10(9-20-2)15-12-16-11(14)17-13(18-12)19-7-5-4-6-8-19/h10H,3-9H2,1-2H3,(H,15,16,17,18). The van der Waals surface area contributed by atoms with E-state index in [-0.39, 0.29) is 5.28 Å². The van der Waals surface area contributed by atoms with Gasteiger partial charge in [0, 0.05) is 24.9 Å². The Balaban J connectivity index is 2.10. The predicted molar refractivity (Wildman–Crippen MR) is 87.0 cm³/mol. The van der Waals surface area contributed by atoms with E-state index in [0.29, 0.717) is 17.9 Å². The summed E-state index contributed by atoms with van der Waals surface area (Å²) in [7, 11) is 0. The maximum absolute atomic E-state index is 6.04. The van der Waals surface area contributed by atoms with Gasteiger partial charge < -0.3 is 10.2 Å². The number of thioether (sulfide) groups is 1. The number of nitrogens with one attached hydrogen (secondary N) is 1. The van der Waals surface area contributed by atoms with Crippen LogP contribution in [0.4, 0.5) is 11.9 Å². The molecule has 2 rings (SSSR count). The van der Waals surface area contributed by atoms with E-state index in [1.165, 1.54) is 19.3 Å². The first-order valence-corrected chi connectivity index (χ1v) is 8.92. The van der Waals surface area contributed by atoms with E-state index in [9.17, 15) is 0 Å². The van der Waals surface area contributed by atoms with Gasteiger partial charge in [-0.1, -0.05) is 6.92 Å². The second kappa shape index (κ2) is 7.88. The van der Waals surface area contributed by atoms with Gasteiger partial charge in [0.15, 0.2) is 0 Å². The zero-order valence-electron chi connectivity index (χ0n) is 12.1. The lowest BCUT2D eigenvalue weighted by molar-refractivity contribution is 0.567. The molecule has 1 aromatic rings. The van der Waals surface area contributed by atoms with Crippen molar-refractivity contribution in [3.8, 4) is 0 Å². The average Bonchev–Trinajstić information content (AvgIpc) is 2.47. The van der Waals surface area contributed by atoms with Crippen LogP contribution in [-0.2, 0) is 0 Å². The zero-order chi connectivity index (χ0) is 14.4. The molecule has 7 heteroatoms. The number of halogens is 1. The highest BCUT2D eigenvalue weighted by molar-refractivity contribution is 7.98. The molecule has 1 N–H and O–H groups in total. The maximum atomic E-state index is 6.04. The van der Waals surface area contributed by atoms with Crippen molar-refractivity contribution in [3.05, 3.63) is 5.28 Å². The second-order valence-corrected chi connectivity index (χ2v) is 6.23. The van der Waals surface area contributed by atoms with Crippen molar-refractivity contribution in [2.45, 2.75) is 38.6 Å². The van der Waals surface area contributed by atoms with Crippen LogP contribution in [-0.4, -0.2) is 46.1 Å². The molecule has 5 nitrogen and oxygen atoms in total. The molecule has 2 heterocycles. The number of aromatic nitrogens is 3.